The van der Waals surface area contributed by atoms with E-state index in [1.165, 1.54) is 0 Å². The van der Waals surface area contributed by atoms with Crippen molar-refractivity contribution in [2.24, 2.45) is 0 Å². The average Bonchev–Trinajstić information content (AvgIpc) is 3.68. The summed E-state index contributed by atoms with van der Waals surface area (Å²) in [5.74, 6) is 0. The molecule has 0 unspecified atom stereocenters. The monoisotopic (exact) mass is 634 g/mol. The molecule has 1 nitrogen and oxygen atoms in total. The van der Waals surface area contributed by atoms with E-state index in [1.54, 1.807) is 109 Å². The van der Waals surface area contributed by atoms with Gasteiger partial charge in [-0.05, 0) is 95.0 Å². The van der Waals surface area contributed by atoms with Crippen molar-refractivity contribution >= 4 is 54.3 Å². The molecule has 1 heteroatoms. The largest absolute Gasteiger partial charge is 0.456 e. The average molecular weight is 635 g/mol. The predicted molar refractivity (Wildman–Crippen MR) is 208 cm³/mol. The number of fused-ring (bicyclic) bond motifs is 6. The van der Waals surface area contributed by atoms with E-state index in [9.17, 15) is 9.60 Å². The van der Waals surface area contributed by atoms with Crippen LogP contribution in [0.3, 0.4) is 0 Å². The van der Waals surface area contributed by atoms with E-state index < -0.39 is 24.2 Å². The van der Waals surface area contributed by atoms with Crippen molar-refractivity contribution in [1.29, 1.82) is 0 Å². The van der Waals surface area contributed by atoms with Gasteiger partial charge in [-0.2, -0.15) is 0 Å². The molecule has 49 heavy (non-hydrogen) atoms. The normalized spacial score (nSPS) is 15.1. The third-order valence-corrected chi connectivity index (χ3v) is 9.13. The number of hydrogen-bond donors (Lipinski definition) is 0. The highest BCUT2D eigenvalue weighted by molar-refractivity contribution is 6.27. The Hall–Kier alpha value is -6.44. The topological polar surface area (TPSA) is 13.1 Å². The van der Waals surface area contributed by atoms with Crippen LogP contribution in [-0.2, 0) is 0 Å². The fourth-order valence-electron chi connectivity index (χ4n) is 7.00. The van der Waals surface area contributed by atoms with Gasteiger partial charge >= 0.3 is 0 Å². The summed E-state index contributed by atoms with van der Waals surface area (Å²) in [6.45, 7) is 0. The van der Waals surface area contributed by atoms with Crippen LogP contribution < -0.4 is 0 Å². The second kappa shape index (κ2) is 11.1. The Morgan fingerprint density at radius 3 is 1.55 bits per heavy atom. The second-order valence-corrected chi connectivity index (χ2v) is 11.8. The van der Waals surface area contributed by atoms with Gasteiger partial charge in [0.15, 0.2) is 0 Å². The first-order chi connectivity index (χ1) is 29.3. The van der Waals surface area contributed by atoms with Crippen molar-refractivity contribution in [2.75, 3.05) is 0 Å². The van der Waals surface area contributed by atoms with Crippen LogP contribution in [0, 0.1) is 0 Å². The van der Waals surface area contributed by atoms with Crippen LogP contribution in [0.15, 0.2) is 186 Å². The van der Waals surface area contributed by atoms with Crippen molar-refractivity contribution in [3.8, 4) is 44.5 Å². The maximum absolute atomic E-state index is 9.69. The lowest BCUT2D eigenvalue weighted by atomic mass is 9.83. The van der Waals surface area contributed by atoms with Gasteiger partial charge in [0.1, 0.15) is 11.2 Å². The second-order valence-electron chi connectivity index (χ2n) is 11.8. The molecule has 0 saturated heterocycles. The van der Waals surface area contributed by atoms with Crippen molar-refractivity contribution in [3.05, 3.63) is 182 Å². The lowest BCUT2D eigenvalue weighted by molar-refractivity contribution is 0.669. The number of furan rings is 1. The smallest absolute Gasteiger partial charge is 0.136 e. The molecule has 9 aromatic carbocycles. The molecule has 10 rings (SSSR count). The maximum atomic E-state index is 9.69. The molecule has 0 radical (unpaired) electrons. The van der Waals surface area contributed by atoms with Gasteiger partial charge in [-0.1, -0.05) is 164 Å². The van der Waals surface area contributed by atoms with Gasteiger partial charge in [-0.3, -0.25) is 0 Å². The molecule has 228 valence electrons. The molecule has 0 aliphatic rings. The first kappa shape index (κ1) is 18.2. The summed E-state index contributed by atoms with van der Waals surface area (Å²) in [4.78, 5) is 0. The van der Waals surface area contributed by atoms with E-state index in [2.05, 4.69) is 0 Å². The van der Waals surface area contributed by atoms with E-state index >= 15 is 0 Å². The summed E-state index contributed by atoms with van der Waals surface area (Å²) in [5, 5.41) is 2.40. The standard InChI is InChI=1S/C48H30O/c1-3-14-31(15-4-1)33-26-27-42-45(30-33)49-44-25-13-24-43(48(42)44)47-39-22-11-9-20-37(39)46(38-21-10-12-23-40(38)47)41-29-28-34(32-16-5-2-6-17-32)35-18-7-8-19-36(35)41/h1-30H/i7D,8D,13D,18D,19D,24D,25D,26D,27D,28D,29D,30D. The zero-order valence-electron chi connectivity index (χ0n) is 37.8. The third-order valence-electron chi connectivity index (χ3n) is 9.13. The molecule has 0 aliphatic heterocycles. The van der Waals surface area contributed by atoms with Crippen LogP contribution in [0.4, 0.5) is 0 Å². The Morgan fingerprint density at radius 1 is 0.347 bits per heavy atom. The van der Waals surface area contributed by atoms with Crippen LogP contribution in [0.25, 0.3) is 98.8 Å². The maximum Gasteiger partial charge on any atom is 0.136 e. The summed E-state index contributed by atoms with van der Waals surface area (Å²) in [5.41, 5.74) is 2.38. The van der Waals surface area contributed by atoms with Gasteiger partial charge < -0.3 is 4.42 Å². The Kier molecular flexibility index (Phi) is 4.11. The van der Waals surface area contributed by atoms with Crippen LogP contribution >= 0.6 is 0 Å². The molecule has 0 amide bonds. The molecule has 0 spiro atoms. The lowest BCUT2D eigenvalue weighted by Crippen LogP contribution is -1.92. The molecule has 0 N–H and O–H groups in total. The van der Waals surface area contributed by atoms with E-state index in [0.29, 0.717) is 43.8 Å². The molecule has 10 aromatic rings. The third kappa shape index (κ3) is 4.33. The molecule has 0 bridgehead atoms. The molecule has 1 aromatic heterocycles. The van der Waals surface area contributed by atoms with Gasteiger partial charge in [0.05, 0.1) is 16.4 Å². The van der Waals surface area contributed by atoms with Crippen molar-refractivity contribution in [3.63, 3.8) is 0 Å². The summed E-state index contributed by atoms with van der Waals surface area (Å²) >= 11 is 0. The SMILES string of the molecule is [2H]c1c([2H])c(-c2c3ccccc3c(-c3c([2H])c([2H])c(-c4ccccc4)c4c([2H])c([2H])c([2H])c([2H])c34)c3ccccc23)c2c(oc3c([2H])c(-c4ccccc4)c([2H])c([2H])c32)c1[2H]. The van der Waals surface area contributed by atoms with Crippen LogP contribution in [0.1, 0.15) is 16.4 Å². The number of benzene rings is 9. The van der Waals surface area contributed by atoms with E-state index in [1.807, 2.05) is 0 Å². The van der Waals surface area contributed by atoms with Gasteiger partial charge in [0.25, 0.3) is 0 Å². The van der Waals surface area contributed by atoms with Gasteiger partial charge in [0.2, 0.25) is 0 Å². The molecule has 0 saturated carbocycles. The van der Waals surface area contributed by atoms with Crippen LogP contribution in [-0.4, -0.2) is 0 Å². The van der Waals surface area contributed by atoms with Crippen molar-refractivity contribution in [2.45, 2.75) is 0 Å². The predicted octanol–water partition coefficient (Wildman–Crippen LogP) is 13.7. The highest BCUT2D eigenvalue weighted by atomic mass is 16.3. The summed E-state index contributed by atoms with van der Waals surface area (Å²) in [7, 11) is 0. The molecular weight excluding hydrogens is 593 g/mol. The quantitative estimate of drug-likeness (QED) is 0.176. The molecule has 1 heterocycles. The van der Waals surface area contributed by atoms with E-state index in [0.717, 1.165) is 0 Å². The van der Waals surface area contributed by atoms with E-state index in [-0.39, 0.29) is 103 Å². The molecule has 0 atom stereocenters. The van der Waals surface area contributed by atoms with Crippen molar-refractivity contribution in [1.82, 2.24) is 0 Å². The fourth-order valence-corrected chi connectivity index (χ4v) is 7.00. The molecule has 0 aliphatic carbocycles. The van der Waals surface area contributed by atoms with E-state index in [4.69, 9.17) is 11.3 Å². The van der Waals surface area contributed by atoms with Gasteiger partial charge in [0, 0.05) is 10.8 Å². The summed E-state index contributed by atoms with van der Waals surface area (Å²) in [6.07, 6.45) is 0. The number of hydrogen-bond acceptors (Lipinski definition) is 1. The zero-order valence-corrected chi connectivity index (χ0v) is 25.8. The molecule has 0 fully saturated rings. The van der Waals surface area contributed by atoms with Gasteiger partial charge in [-0.25, -0.2) is 0 Å². The lowest BCUT2D eigenvalue weighted by Gasteiger charge is -2.20. The fraction of sp³-hybridized carbons (Fsp3) is 0. The first-order valence-corrected chi connectivity index (χ1v) is 15.9. The summed E-state index contributed by atoms with van der Waals surface area (Å²) in [6, 6.07) is 27.9. The van der Waals surface area contributed by atoms with Crippen molar-refractivity contribution < 1.29 is 20.9 Å². The zero-order chi connectivity index (χ0) is 42.8. The number of rotatable bonds is 4. The molecular formula is C48H30O. The Labute approximate surface area is 301 Å². The Morgan fingerprint density at radius 2 is 0.898 bits per heavy atom. The minimum atomic E-state index is -0.490. The minimum Gasteiger partial charge on any atom is -0.456 e. The Bertz CT molecular complexity index is 3490. The van der Waals surface area contributed by atoms with Crippen LogP contribution in [0.2, 0.25) is 0 Å². The Balaban J connectivity index is 1.41. The van der Waals surface area contributed by atoms with Gasteiger partial charge in [-0.15, -0.1) is 0 Å². The highest BCUT2D eigenvalue weighted by Gasteiger charge is 2.21. The first-order valence-electron chi connectivity index (χ1n) is 21.9. The highest BCUT2D eigenvalue weighted by Crippen LogP contribution is 2.48. The minimum absolute atomic E-state index is 0.0548. The van der Waals surface area contributed by atoms with Crippen LogP contribution in [0.5, 0.6) is 0 Å². The summed E-state index contributed by atoms with van der Waals surface area (Å²) < 4.78 is 117.